The van der Waals surface area contributed by atoms with Crippen LogP contribution in [0, 0.1) is 0 Å². The number of amides is 1. The molecule has 0 radical (unpaired) electrons. The lowest BCUT2D eigenvalue weighted by Crippen LogP contribution is -2.45. The van der Waals surface area contributed by atoms with Gasteiger partial charge in [-0.1, -0.05) is 42.5 Å². The summed E-state index contributed by atoms with van der Waals surface area (Å²) in [7, 11) is 3.22. The molecule has 6 nitrogen and oxygen atoms in total. The SMILES string of the molecule is COC1=C2C[C@@](CNC(=O)c3ccccc3OC)(c3ccccc3)CCC2ON1. The molecule has 2 aromatic carbocycles. The standard InChI is InChI=1S/C23H26N2O4/c1-27-19-11-7-6-10-17(19)21(26)24-15-23(16-8-4-3-5-9-16)13-12-20-18(14-23)22(28-2)25-29-20/h3-11,20,25H,12-15H2,1-2H3,(H,24,26)/t20?,23-/m0/s1. The topological polar surface area (TPSA) is 68.8 Å². The minimum absolute atomic E-state index is 0.0201. The second-order valence-electron chi connectivity index (χ2n) is 7.51. The Labute approximate surface area is 170 Å². The van der Waals surface area contributed by atoms with Gasteiger partial charge in [0.1, 0.15) is 11.9 Å². The van der Waals surface area contributed by atoms with Crippen molar-refractivity contribution < 1.29 is 19.1 Å². The highest BCUT2D eigenvalue weighted by Gasteiger charge is 2.44. The molecular weight excluding hydrogens is 368 g/mol. The molecule has 2 atom stereocenters. The van der Waals surface area contributed by atoms with Crippen LogP contribution < -0.4 is 15.5 Å². The fourth-order valence-electron chi connectivity index (χ4n) is 4.34. The summed E-state index contributed by atoms with van der Waals surface area (Å²) in [6, 6.07) is 17.6. The summed E-state index contributed by atoms with van der Waals surface area (Å²) in [4.78, 5) is 18.6. The predicted octanol–water partition coefficient (Wildman–Crippen LogP) is 3.31. The number of carbonyl (C=O) groups excluding carboxylic acids is 1. The van der Waals surface area contributed by atoms with Gasteiger partial charge in [-0.2, -0.15) is 0 Å². The fourth-order valence-corrected chi connectivity index (χ4v) is 4.34. The van der Waals surface area contributed by atoms with E-state index in [1.165, 1.54) is 5.56 Å². The molecule has 1 fully saturated rings. The number of nitrogens with one attached hydrogen (secondary N) is 2. The van der Waals surface area contributed by atoms with E-state index in [4.69, 9.17) is 14.3 Å². The Hall–Kier alpha value is -2.99. The maximum absolute atomic E-state index is 12.9. The fraction of sp³-hybridized carbons (Fsp3) is 0.348. The summed E-state index contributed by atoms with van der Waals surface area (Å²) in [6.45, 7) is 0.515. The summed E-state index contributed by atoms with van der Waals surface area (Å²) >= 11 is 0. The Balaban J connectivity index is 1.62. The second-order valence-corrected chi connectivity index (χ2v) is 7.51. The number of benzene rings is 2. The van der Waals surface area contributed by atoms with E-state index in [-0.39, 0.29) is 17.4 Å². The van der Waals surface area contributed by atoms with Crippen molar-refractivity contribution in [2.24, 2.45) is 0 Å². The maximum atomic E-state index is 12.9. The molecule has 1 amide bonds. The van der Waals surface area contributed by atoms with Crippen LogP contribution >= 0.6 is 0 Å². The number of methoxy groups -OCH3 is 2. The molecule has 4 rings (SSSR count). The van der Waals surface area contributed by atoms with E-state index in [9.17, 15) is 4.79 Å². The molecule has 1 aliphatic carbocycles. The first kappa shape index (κ1) is 19.3. The molecule has 1 saturated carbocycles. The Morgan fingerprint density at radius 1 is 1.14 bits per heavy atom. The highest BCUT2D eigenvalue weighted by molar-refractivity contribution is 5.97. The third-order valence-electron chi connectivity index (χ3n) is 5.92. The van der Waals surface area contributed by atoms with E-state index in [1.54, 1.807) is 26.4 Å². The summed E-state index contributed by atoms with van der Waals surface area (Å²) < 4.78 is 10.8. The van der Waals surface area contributed by atoms with Crippen molar-refractivity contribution in [3.8, 4) is 5.75 Å². The van der Waals surface area contributed by atoms with Crippen LogP contribution in [0.5, 0.6) is 5.75 Å². The molecule has 2 aromatic rings. The average Bonchev–Trinajstić information content (AvgIpc) is 3.20. The lowest BCUT2D eigenvalue weighted by atomic mass is 9.67. The molecule has 0 aromatic heterocycles. The first-order valence-electron chi connectivity index (χ1n) is 9.82. The highest BCUT2D eigenvalue weighted by Crippen LogP contribution is 2.45. The Bertz CT molecular complexity index is 912. The van der Waals surface area contributed by atoms with Gasteiger partial charge in [-0.3, -0.25) is 9.63 Å². The number of hydrogen-bond acceptors (Lipinski definition) is 5. The zero-order valence-electron chi connectivity index (χ0n) is 16.7. The molecule has 0 spiro atoms. The minimum Gasteiger partial charge on any atom is -0.496 e. The first-order valence-corrected chi connectivity index (χ1v) is 9.82. The van der Waals surface area contributed by atoms with Crippen molar-refractivity contribution in [1.82, 2.24) is 10.8 Å². The van der Waals surface area contributed by atoms with E-state index in [2.05, 4.69) is 22.9 Å². The monoisotopic (exact) mass is 394 g/mol. The van der Waals surface area contributed by atoms with Crippen LogP contribution in [0.15, 0.2) is 66.1 Å². The van der Waals surface area contributed by atoms with Crippen LogP contribution in [0.4, 0.5) is 0 Å². The third-order valence-corrected chi connectivity index (χ3v) is 5.92. The lowest BCUT2D eigenvalue weighted by Gasteiger charge is -2.40. The molecule has 1 unspecified atom stereocenters. The quantitative estimate of drug-likeness (QED) is 0.787. The molecule has 152 valence electrons. The normalized spacial score (nSPS) is 23.2. The van der Waals surface area contributed by atoms with Gasteiger partial charge >= 0.3 is 0 Å². The van der Waals surface area contributed by atoms with Crippen molar-refractivity contribution >= 4 is 5.91 Å². The molecule has 1 aliphatic heterocycles. The molecule has 1 heterocycles. The minimum atomic E-state index is -0.232. The number of rotatable bonds is 6. The smallest absolute Gasteiger partial charge is 0.255 e. The average molecular weight is 394 g/mol. The molecule has 0 bridgehead atoms. The number of ether oxygens (including phenoxy) is 2. The predicted molar refractivity (Wildman–Crippen MR) is 109 cm³/mol. The van der Waals surface area contributed by atoms with E-state index in [0.29, 0.717) is 23.7 Å². The molecule has 29 heavy (non-hydrogen) atoms. The molecule has 2 aliphatic rings. The van der Waals surface area contributed by atoms with Crippen molar-refractivity contribution in [1.29, 1.82) is 0 Å². The van der Waals surface area contributed by atoms with Crippen molar-refractivity contribution in [3.63, 3.8) is 0 Å². The van der Waals surface area contributed by atoms with Gasteiger partial charge in [-0.15, -0.1) is 0 Å². The lowest BCUT2D eigenvalue weighted by molar-refractivity contribution is 0.00376. The van der Waals surface area contributed by atoms with Gasteiger partial charge in [0.15, 0.2) is 0 Å². The van der Waals surface area contributed by atoms with Crippen LogP contribution in [0.2, 0.25) is 0 Å². The van der Waals surface area contributed by atoms with E-state index in [1.807, 2.05) is 30.3 Å². The molecule has 6 heteroatoms. The number of hydroxylamine groups is 1. The van der Waals surface area contributed by atoms with Crippen LogP contribution in [0.1, 0.15) is 35.2 Å². The van der Waals surface area contributed by atoms with Crippen LogP contribution in [-0.4, -0.2) is 32.8 Å². The van der Waals surface area contributed by atoms with Crippen LogP contribution in [0.25, 0.3) is 0 Å². The van der Waals surface area contributed by atoms with E-state index < -0.39 is 0 Å². The van der Waals surface area contributed by atoms with Gasteiger partial charge in [-0.25, -0.2) is 5.48 Å². The van der Waals surface area contributed by atoms with Crippen LogP contribution in [0.3, 0.4) is 0 Å². The number of para-hydroxylation sites is 1. The van der Waals surface area contributed by atoms with Gasteiger partial charge in [0.25, 0.3) is 5.91 Å². The largest absolute Gasteiger partial charge is 0.496 e. The zero-order valence-corrected chi connectivity index (χ0v) is 16.7. The third kappa shape index (κ3) is 3.68. The summed E-state index contributed by atoms with van der Waals surface area (Å²) in [5.74, 6) is 1.12. The van der Waals surface area contributed by atoms with Gasteiger partial charge in [0.05, 0.1) is 19.8 Å². The number of carbonyl (C=O) groups is 1. The van der Waals surface area contributed by atoms with Crippen LogP contribution in [-0.2, 0) is 15.0 Å². The molecular formula is C23H26N2O4. The maximum Gasteiger partial charge on any atom is 0.255 e. The first-order chi connectivity index (χ1) is 14.2. The summed E-state index contributed by atoms with van der Waals surface area (Å²) in [6.07, 6.45) is 2.53. The van der Waals surface area contributed by atoms with E-state index >= 15 is 0 Å². The van der Waals surface area contributed by atoms with E-state index in [0.717, 1.165) is 24.8 Å². The summed E-state index contributed by atoms with van der Waals surface area (Å²) in [5.41, 5.74) is 5.52. The Morgan fingerprint density at radius 3 is 2.66 bits per heavy atom. The van der Waals surface area contributed by atoms with Gasteiger partial charge in [0.2, 0.25) is 5.88 Å². The van der Waals surface area contributed by atoms with Crippen molar-refractivity contribution in [3.05, 3.63) is 77.2 Å². The van der Waals surface area contributed by atoms with Gasteiger partial charge < -0.3 is 14.8 Å². The number of fused-ring (bicyclic) bond motifs is 1. The van der Waals surface area contributed by atoms with Gasteiger partial charge in [-0.05, 0) is 37.0 Å². The zero-order chi connectivity index (χ0) is 20.3. The van der Waals surface area contributed by atoms with Gasteiger partial charge in [0, 0.05) is 17.5 Å². The van der Waals surface area contributed by atoms with Crippen molar-refractivity contribution in [2.75, 3.05) is 20.8 Å². The molecule has 0 saturated heterocycles. The second kappa shape index (κ2) is 8.17. The number of hydrogen-bond donors (Lipinski definition) is 2. The van der Waals surface area contributed by atoms with Crippen molar-refractivity contribution in [2.45, 2.75) is 30.8 Å². The highest BCUT2D eigenvalue weighted by atomic mass is 16.7. The summed E-state index contributed by atoms with van der Waals surface area (Å²) in [5, 5.41) is 3.15. The molecule has 2 N–H and O–H groups in total. The Kier molecular flexibility index (Phi) is 5.45. The Morgan fingerprint density at radius 2 is 1.90 bits per heavy atom.